The van der Waals surface area contributed by atoms with Crippen LogP contribution in [0.4, 0.5) is 5.69 Å². The zero-order valence-corrected chi connectivity index (χ0v) is 17.0. The van der Waals surface area contributed by atoms with E-state index in [1.54, 1.807) is 0 Å². The average Bonchev–Trinajstić information content (AvgIpc) is 2.74. The minimum atomic E-state index is -0.303. The van der Waals surface area contributed by atoms with E-state index in [4.69, 9.17) is 9.73 Å². The van der Waals surface area contributed by atoms with E-state index in [-0.39, 0.29) is 18.6 Å². The predicted octanol–water partition coefficient (Wildman–Crippen LogP) is 5.11. The zero-order chi connectivity index (χ0) is 19.5. The SMILES string of the molecule is COC(=O)CN1C(c2ccccc2)=Nc2ccc(Br)cc2[C@@H]1c1ccccc1. The molecule has 3 aromatic carbocycles. The van der Waals surface area contributed by atoms with Crippen LogP contribution in [-0.2, 0) is 9.53 Å². The van der Waals surface area contributed by atoms with Gasteiger partial charge in [-0.15, -0.1) is 0 Å². The summed E-state index contributed by atoms with van der Waals surface area (Å²) in [6, 6.07) is 26.0. The molecule has 0 spiro atoms. The molecule has 0 radical (unpaired) electrons. The summed E-state index contributed by atoms with van der Waals surface area (Å²) >= 11 is 3.58. The minimum Gasteiger partial charge on any atom is -0.468 e. The fourth-order valence-corrected chi connectivity index (χ4v) is 3.88. The number of methoxy groups -OCH3 is 1. The summed E-state index contributed by atoms with van der Waals surface area (Å²) in [6.07, 6.45) is 0. The maximum atomic E-state index is 12.3. The second-order valence-electron chi connectivity index (χ2n) is 6.52. The van der Waals surface area contributed by atoms with Gasteiger partial charge in [-0.25, -0.2) is 4.99 Å². The smallest absolute Gasteiger partial charge is 0.325 e. The molecule has 28 heavy (non-hydrogen) atoms. The molecule has 1 aliphatic heterocycles. The number of halogens is 1. The van der Waals surface area contributed by atoms with E-state index in [0.29, 0.717) is 0 Å². The van der Waals surface area contributed by atoms with Crippen LogP contribution in [0.3, 0.4) is 0 Å². The highest BCUT2D eigenvalue weighted by atomic mass is 79.9. The molecular formula is C23H19BrN2O2. The van der Waals surface area contributed by atoms with Crippen molar-refractivity contribution in [2.24, 2.45) is 4.99 Å². The molecule has 1 atom stereocenters. The van der Waals surface area contributed by atoms with Crippen LogP contribution in [0.25, 0.3) is 0 Å². The van der Waals surface area contributed by atoms with E-state index < -0.39 is 0 Å². The van der Waals surface area contributed by atoms with Gasteiger partial charge in [-0.3, -0.25) is 4.79 Å². The van der Waals surface area contributed by atoms with Crippen LogP contribution in [0, 0.1) is 0 Å². The largest absolute Gasteiger partial charge is 0.468 e. The summed E-state index contributed by atoms with van der Waals surface area (Å²) < 4.78 is 5.96. The summed E-state index contributed by atoms with van der Waals surface area (Å²) in [5.41, 5.74) is 4.00. The van der Waals surface area contributed by atoms with Gasteiger partial charge in [0.05, 0.1) is 18.8 Å². The molecule has 1 heterocycles. The lowest BCUT2D eigenvalue weighted by Crippen LogP contribution is -2.42. The number of benzene rings is 3. The number of amidine groups is 1. The molecule has 0 fully saturated rings. The lowest BCUT2D eigenvalue weighted by molar-refractivity contribution is -0.141. The first-order chi connectivity index (χ1) is 13.7. The second-order valence-corrected chi connectivity index (χ2v) is 7.44. The number of fused-ring (bicyclic) bond motifs is 1. The van der Waals surface area contributed by atoms with Gasteiger partial charge in [-0.2, -0.15) is 0 Å². The summed E-state index contributed by atoms with van der Waals surface area (Å²) in [5.74, 6) is 0.456. The maximum absolute atomic E-state index is 12.3. The number of aliphatic imine (C=N–C) groups is 1. The van der Waals surface area contributed by atoms with Crippen LogP contribution in [0.2, 0.25) is 0 Å². The molecule has 1 aliphatic rings. The van der Waals surface area contributed by atoms with Gasteiger partial charge in [-0.1, -0.05) is 76.6 Å². The van der Waals surface area contributed by atoms with Crippen LogP contribution >= 0.6 is 15.9 Å². The minimum absolute atomic E-state index is 0.107. The Morgan fingerprint density at radius 2 is 1.71 bits per heavy atom. The maximum Gasteiger partial charge on any atom is 0.325 e. The van der Waals surface area contributed by atoms with Gasteiger partial charge >= 0.3 is 5.97 Å². The lowest BCUT2D eigenvalue weighted by atomic mass is 9.93. The Kier molecular flexibility index (Phi) is 5.26. The van der Waals surface area contributed by atoms with Crippen molar-refractivity contribution in [2.75, 3.05) is 13.7 Å². The molecule has 4 nitrogen and oxygen atoms in total. The third kappa shape index (κ3) is 3.58. The predicted molar refractivity (Wildman–Crippen MR) is 114 cm³/mol. The molecule has 0 aromatic heterocycles. The van der Waals surface area contributed by atoms with E-state index in [9.17, 15) is 4.79 Å². The van der Waals surface area contributed by atoms with Gasteiger partial charge in [0.1, 0.15) is 12.4 Å². The summed E-state index contributed by atoms with van der Waals surface area (Å²) in [4.78, 5) is 19.2. The first-order valence-corrected chi connectivity index (χ1v) is 9.78. The molecule has 3 aromatic rings. The van der Waals surface area contributed by atoms with E-state index in [2.05, 4.69) is 34.1 Å². The summed E-state index contributed by atoms with van der Waals surface area (Å²) in [7, 11) is 1.41. The Morgan fingerprint density at radius 1 is 1.04 bits per heavy atom. The van der Waals surface area contributed by atoms with Gasteiger partial charge in [0.2, 0.25) is 0 Å². The van der Waals surface area contributed by atoms with Crippen molar-refractivity contribution in [3.8, 4) is 0 Å². The molecular weight excluding hydrogens is 416 g/mol. The highest BCUT2D eigenvalue weighted by molar-refractivity contribution is 9.10. The Bertz CT molecular complexity index is 1020. The Hall–Kier alpha value is -2.92. The Balaban J connectivity index is 1.94. The monoisotopic (exact) mass is 434 g/mol. The van der Waals surface area contributed by atoms with E-state index in [1.165, 1.54) is 7.11 Å². The molecule has 0 amide bonds. The highest BCUT2D eigenvalue weighted by Crippen LogP contribution is 2.41. The molecule has 0 saturated heterocycles. The quantitative estimate of drug-likeness (QED) is 0.536. The third-order valence-corrected chi connectivity index (χ3v) is 5.26. The fourth-order valence-electron chi connectivity index (χ4n) is 3.50. The van der Waals surface area contributed by atoms with Gasteiger partial charge in [0.25, 0.3) is 0 Å². The van der Waals surface area contributed by atoms with Crippen molar-refractivity contribution >= 4 is 33.4 Å². The summed E-state index contributed by atoms with van der Waals surface area (Å²) in [5, 5.41) is 0. The van der Waals surface area contributed by atoms with Crippen molar-refractivity contribution < 1.29 is 9.53 Å². The molecule has 0 N–H and O–H groups in total. The van der Waals surface area contributed by atoms with Crippen LogP contribution in [0.5, 0.6) is 0 Å². The molecule has 4 rings (SSSR count). The number of hydrogen-bond acceptors (Lipinski definition) is 4. The normalized spacial score (nSPS) is 15.6. The number of hydrogen-bond donors (Lipinski definition) is 0. The van der Waals surface area contributed by atoms with Crippen molar-refractivity contribution in [3.63, 3.8) is 0 Å². The topological polar surface area (TPSA) is 41.9 Å². The number of esters is 1. The van der Waals surface area contributed by atoms with Crippen molar-refractivity contribution in [3.05, 3.63) is 100 Å². The molecule has 0 saturated carbocycles. The first kappa shape index (κ1) is 18.4. The second kappa shape index (κ2) is 7.98. The van der Waals surface area contributed by atoms with E-state index in [1.807, 2.05) is 65.6 Å². The van der Waals surface area contributed by atoms with Crippen molar-refractivity contribution in [1.82, 2.24) is 4.90 Å². The number of carbonyl (C=O) groups excluding carboxylic acids is 1. The van der Waals surface area contributed by atoms with Crippen LogP contribution < -0.4 is 0 Å². The summed E-state index contributed by atoms with van der Waals surface area (Å²) in [6.45, 7) is 0.107. The number of rotatable bonds is 4. The van der Waals surface area contributed by atoms with Gasteiger partial charge in [0, 0.05) is 15.6 Å². The standard InChI is InChI=1S/C23H19BrN2O2/c1-28-21(27)15-26-22(16-8-4-2-5-9-16)19-14-18(24)12-13-20(19)25-23(26)17-10-6-3-7-11-17/h2-14,22H,15H2,1H3/t22-/m0/s1. The van der Waals surface area contributed by atoms with Gasteiger partial charge < -0.3 is 9.64 Å². The van der Waals surface area contributed by atoms with Crippen LogP contribution in [0.1, 0.15) is 22.7 Å². The molecule has 140 valence electrons. The van der Waals surface area contributed by atoms with Gasteiger partial charge in [-0.05, 0) is 23.8 Å². The zero-order valence-electron chi connectivity index (χ0n) is 15.4. The third-order valence-electron chi connectivity index (χ3n) is 4.77. The molecule has 5 heteroatoms. The molecule has 0 aliphatic carbocycles. The Morgan fingerprint density at radius 3 is 2.39 bits per heavy atom. The van der Waals surface area contributed by atoms with Crippen LogP contribution in [0.15, 0.2) is 88.3 Å². The van der Waals surface area contributed by atoms with Gasteiger partial charge in [0.15, 0.2) is 0 Å². The van der Waals surface area contributed by atoms with E-state index >= 15 is 0 Å². The lowest BCUT2D eigenvalue weighted by Gasteiger charge is -2.38. The molecule has 0 bridgehead atoms. The fraction of sp³-hybridized carbons (Fsp3) is 0.130. The Labute approximate surface area is 172 Å². The van der Waals surface area contributed by atoms with Crippen molar-refractivity contribution in [2.45, 2.75) is 6.04 Å². The number of nitrogens with zero attached hydrogens (tertiary/aromatic N) is 2. The number of ether oxygens (including phenoxy) is 1. The molecule has 0 unspecified atom stereocenters. The number of carbonyl (C=O) groups is 1. The van der Waals surface area contributed by atoms with Crippen molar-refractivity contribution in [1.29, 1.82) is 0 Å². The highest BCUT2D eigenvalue weighted by Gasteiger charge is 2.33. The van der Waals surface area contributed by atoms with E-state index in [0.717, 1.165) is 32.7 Å². The first-order valence-electron chi connectivity index (χ1n) is 8.99. The van der Waals surface area contributed by atoms with Crippen LogP contribution in [-0.4, -0.2) is 30.4 Å². The average molecular weight is 435 g/mol.